The van der Waals surface area contributed by atoms with Crippen molar-refractivity contribution in [2.75, 3.05) is 25.4 Å². The predicted molar refractivity (Wildman–Crippen MR) is 81.7 cm³/mol. The SMILES string of the molecule is CCN(CC)CCSCc1ccccc1CC(=O)O. The van der Waals surface area contributed by atoms with Crippen molar-refractivity contribution in [2.45, 2.75) is 26.0 Å². The van der Waals surface area contributed by atoms with Crippen molar-refractivity contribution in [1.29, 1.82) is 0 Å². The molecular formula is C15H23NO2S. The summed E-state index contributed by atoms with van der Waals surface area (Å²) in [5.74, 6) is 1.22. The number of benzene rings is 1. The van der Waals surface area contributed by atoms with Crippen molar-refractivity contribution >= 4 is 17.7 Å². The van der Waals surface area contributed by atoms with Gasteiger partial charge in [-0.3, -0.25) is 4.79 Å². The molecule has 0 amide bonds. The van der Waals surface area contributed by atoms with Crippen LogP contribution in [-0.4, -0.2) is 41.4 Å². The van der Waals surface area contributed by atoms with Crippen LogP contribution in [0.3, 0.4) is 0 Å². The summed E-state index contributed by atoms with van der Waals surface area (Å²) < 4.78 is 0. The van der Waals surface area contributed by atoms with Crippen LogP contribution in [0.15, 0.2) is 24.3 Å². The summed E-state index contributed by atoms with van der Waals surface area (Å²) in [5.41, 5.74) is 2.08. The molecule has 0 radical (unpaired) electrons. The van der Waals surface area contributed by atoms with Crippen LogP contribution in [0.4, 0.5) is 0 Å². The summed E-state index contributed by atoms with van der Waals surface area (Å²) in [7, 11) is 0. The van der Waals surface area contributed by atoms with Crippen LogP contribution in [0.25, 0.3) is 0 Å². The van der Waals surface area contributed by atoms with Gasteiger partial charge in [-0.15, -0.1) is 0 Å². The molecule has 0 heterocycles. The lowest BCUT2D eigenvalue weighted by atomic mass is 10.1. The van der Waals surface area contributed by atoms with Crippen molar-refractivity contribution in [3.63, 3.8) is 0 Å². The van der Waals surface area contributed by atoms with E-state index in [1.54, 1.807) is 0 Å². The van der Waals surface area contributed by atoms with Crippen LogP contribution in [0.1, 0.15) is 25.0 Å². The van der Waals surface area contributed by atoms with E-state index in [4.69, 9.17) is 5.11 Å². The first-order valence-electron chi connectivity index (χ1n) is 6.76. The summed E-state index contributed by atoms with van der Waals surface area (Å²) in [6.45, 7) is 7.63. The number of nitrogens with zero attached hydrogens (tertiary/aromatic N) is 1. The van der Waals surface area contributed by atoms with Gasteiger partial charge in [-0.25, -0.2) is 0 Å². The summed E-state index contributed by atoms with van der Waals surface area (Å²) in [5, 5.41) is 8.89. The summed E-state index contributed by atoms with van der Waals surface area (Å²) in [6, 6.07) is 7.82. The number of hydrogen-bond donors (Lipinski definition) is 1. The Morgan fingerprint density at radius 1 is 1.21 bits per heavy atom. The zero-order valence-corrected chi connectivity index (χ0v) is 12.6. The fraction of sp³-hybridized carbons (Fsp3) is 0.533. The van der Waals surface area contributed by atoms with Gasteiger partial charge in [-0.1, -0.05) is 38.1 Å². The van der Waals surface area contributed by atoms with Crippen LogP contribution in [0.2, 0.25) is 0 Å². The van der Waals surface area contributed by atoms with Crippen LogP contribution in [-0.2, 0) is 17.0 Å². The standard InChI is InChI=1S/C15H23NO2S/c1-3-16(4-2)9-10-19-12-14-8-6-5-7-13(14)11-15(17)18/h5-8H,3-4,9-12H2,1-2H3,(H,17,18). The zero-order valence-electron chi connectivity index (χ0n) is 11.8. The first-order chi connectivity index (χ1) is 9.17. The number of carboxylic acids is 1. The molecule has 0 aliphatic rings. The molecule has 1 N–H and O–H groups in total. The quantitative estimate of drug-likeness (QED) is 0.707. The molecular weight excluding hydrogens is 258 g/mol. The predicted octanol–water partition coefficient (Wildman–Crippen LogP) is 2.89. The largest absolute Gasteiger partial charge is 0.481 e. The second-order valence-corrected chi connectivity index (χ2v) is 5.52. The summed E-state index contributed by atoms with van der Waals surface area (Å²) in [4.78, 5) is 13.2. The van der Waals surface area contributed by atoms with E-state index < -0.39 is 5.97 Å². The average Bonchev–Trinajstić information content (AvgIpc) is 2.40. The second-order valence-electron chi connectivity index (χ2n) is 4.42. The fourth-order valence-electron chi connectivity index (χ4n) is 1.95. The Balaban J connectivity index is 2.42. The zero-order chi connectivity index (χ0) is 14.1. The number of carbonyl (C=O) groups is 1. The first kappa shape index (κ1) is 16.1. The van der Waals surface area contributed by atoms with Gasteiger partial charge in [0, 0.05) is 18.1 Å². The number of rotatable bonds is 9. The van der Waals surface area contributed by atoms with Crippen LogP contribution in [0.5, 0.6) is 0 Å². The molecule has 0 saturated carbocycles. The van der Waals surface area contributed by atoms with Crippen molar-refractivity contribution in [3.8, 4) is 0 Å². The highest BCUT2D eigenvalue weighted by Crippen LogP contribution is 2.17. The van der Waals surface area contributed by atoms with Crippen molar-refractivity contribution in [1.82, 2.24) is 4.90 Å². The van der Waals surface area contributed by atoms with Gasteiger partial charge in [0.1, 0.15) is 0 Å². The summed E-state index contributed by atoms with van der Waals surface area (Å²) in [6.07, 6.45) is 0.118. The Morgan fingerprint density at radius 2 is 1.84 bits per heavy atom. The fourth-order valence-corrected chi connectivity index (χ4v) is 2.98. The molecule has 1 aromatic carbocycles. The molecule has 3 nitrogen and oxygen atoms in total. The van der Waals surface area contributed by atoms with Gasteiger partial charge in [0.15, 0.2) is 0 Å². The van der Waals surface area contributed by atoms with Gasteiger partial charge >= 0.3 is 5.97 Å². The molecule has 0 spiro atoms. The van der Waals surface area contributed by atoms with Crippen LogP contribution in [0, 0.1) is 0 Å². The Kier molecular flexibility index (Phi) is 7.60. The first-order valence-corrected chi connectivity index (χ1v) is 7.91. The minimum atomic E-state index is -0.763. The molecule has 0 aliphatic carbocycles. The third-order valence-corrected chi connectivity index (χ3v) is 4.15. The highest BCUT2D eigenvalue weighted by atomic mass is 32.2. The molecule has 1 rings (SSSR count). The molecule has 4 heteroatoms. The van der Waals surface area contributed by atoms with E-state index in [-0.39, 0.29) is 6.42 Å². The Morgan fingerprint density at radius 3 is 2.42 bits per heavy atom. The van der Waals surface area contributed by atoms with Gasteiger partial charge in [-0.2, -0.15) is 11.8 Å². The van der Waals surface area contributed by atoms with Gasteiger partial charge in [0.05, 0.1) is 6.42 Å². The van der Waals surface area contributed by atoms with Gasteiger partial charge in [-0.05, 0) is 24.2 Å². The van der Waals surface area contributed by atoms with E-state index in [9.17, 15) is 4.79 Å². The van der Waals surface area contributed by atoms with Crippen molar-refractivity contribution in [2.24, 2.45) is 0 Å². The van der Waals surface area contributed by atoms with Crippen molar-refractivity contribution < 1.29 is 9.90 Å². The monoisotopic (exact) mass is 281 g/mol. The maximum atomic E-state index is 10.8. The molecule has 0 atom stereocenters. The lowest BCUT2D eigenvalue weighted by Crippen LogP contribution is -2.25. The summed E-state index contributed by atoms with van der Waals surface area (Å²) >= 11 is 1.87. The Bertz CT molecular complexity index is 391. The number of hydrogen-bond acceptors (Lipinski definition) is 3. The van der Waals surface area contributed by atoms with E-state index in [0.29, 0.717) is 0 Å². The average molecular weight is 281 g/mol. The smallest absolute Gasteiger partial charge is 0.307 e. The second kappa shape index (κ2) is 8.99. The minimum absolute atomic E-state index is 0.118. The van der Waals surface area contributed by atoms with Gasteiger partial charge in [0.2, 0.25) is 0 Å². The van der Waals surface area contributed by atoms with Crippen LogP contribution < -0.4 is 0 Å². The Hall–Kier alpha value is -1.00. The molecule has 19 heavy (non-hydrogen) atoms. The third-order valence-electron chi connectivity index (χ3n) is 3.16. The molecule has 0 saturated heterocycles. The minimum Gasteiger partial charge on any atom is -0.481 e. The molecule has 0 aliphatic heterocycles. The van der Waals surface area contributed by atoms with Crippen LogP contribution >= 0.6 is 11.8 Å². The molecule has 106 valence electrons. The van der Waals surface area contributed by atoms with E-state index in [1.807, 2.05) is 36.0 Å². The molecule has 0 unspecified atom stereocenters. The highest BCUT2D eigenvalue weighted by Gasteiger charge is 2.06. The van der Waals surface area contributed by atoms with Gasteiger partial charge in [0.25, 0.3) is 0 Å². The number of aliphatic carboxylic acids is 1. The Labute approximate surface area is 120 Å². The third kappa shape index (κ3) is 6.12. The molecule has 1 aromatic rings. The maximum absolute atomic E-state index is 10.8. The lowest BCUT2D eigenvalue weighted by Gasteiger charge is -2.17. The van der Waals surface area contributed by atoms with E-state index in [1.165, 1.54) is 0 Å². The molecule has 0 fully saturated rings. The van der Waals surface area contributed by atoms with E-state index in [2.05, 4.69) is 18.7 Å². The molecule has 0 bridgehead atoms. The van der Waals surface area contributed by atoms with E-state index >= 15 is 0 Å². The van der Waals surface area contributed by atoms with Gasteiger partial charge < -0.3 is 10.0 Å². The number of carboxylic acid groups (broad SMARTS) is 1. The highest BCUT2D eigenvalue weighted by molar-refractivity contribution is 7.98. The van der Waals surface area contributed by atoms with Crippen molar-refractivity contribution in [3.05, 3.63) is 35.4 Å². The normalized spacial score (nSPS) is 10.9. The number of thioether (sulfide) groups is 1. The molecule has 0 aromatic heterocycles. The maximum Gasteiger partial charge on any atom is 0.307 e. The van der Waals surface area contributed by atoms with E-state index in [0.717, 1.165) is 42.3 Å². The lowest BCUT2D eigenvalue weighted by molar-refractivity contribution is -0.136. The topological polar surface area (TPSA) is 40.5 Å².